The number of carboxylic acid groups (broad SMARTS) is 1. The van der Waals surface area contributed by atoms with Crippen LogP contribution < -0.4 is 0 Å². The second-order valence-electron chi connectivity index (χ2n) is 3.20. The number of hydrogen-bond donors (Lipinski definition) is 1. The molecule has 1 aromatic carbocycles. The summed E-state index contributed by atoms with van der Waals surface area (Å²) in [4.78, 5) is 26.1. The maximum atomic E-state index is 12.6. The number of oxime groups is 1. The number of ketones is 1. The van der Waals surface area contributed by atoms with Crippen LogP contribution in [0.3, 0.4) is 0 Å². The van der Waals surface area contributed by atoms with Gasteiger partial charge in [0, 0.05) is 6.92 Å². The Morgan fingerprint density at radius 2 is 1.94 bits per heavy atom. The Bertz CT molecular complexity index is 437. The quantitative estimate of drug-likeness (QED) is 0.478. The predicted molar refractivity (Wildman–Crippen MR) is 56.9 cm³/mol. The zero-order chi connectivity index (χ0) is 12.8. The number of carboxylic acids is 1. The number of rotatable bonds is 5. The van der Waals surface area contributed by atoms with E-state index in [-0.39, 0.29) is 12.4 Å². The molecule has 1 rings (SSSR count). The summed E-state index contributed by atoms with van der Waals surface area (Å²) < 4.78 is 12.6. The number of carbonyl (C=O) groups is 2. The van der Waals surface area contributed by atoms with Crippen molar-refractivity contribution in [3.05, 3.63) is 35.6 Å². The van der Waals surface area contributed by atoms with Crippen LogP contribution in [0, 0.1) is 5.82 Å². The van der Waals surface area contributed by atoms with Crippen LogP contribution in [-0.4, -0.2) is 22.6 Å². The smallest absolute Gasteiger partial charge is 0.361 e. The minimum atomic E-state index is -1.45. The molecule has 0 radical (unpaired) electrons. The second-order valence-corrected chi connectivity index (χ2v) is 3.20. The fourth-order valence-electron chi connectivity index (χ4n) is 1.01. The maximum absolute atomic E-state index is 12.6. The van der Waals surface area contributed by atoms with Crippen molar-refractivity contribution in [1.82, 2.24) is 0 Å². The van der Waals surface area contributed by atoms with Crippen molar-refractivity contribution in [3.63, 3.8) is 0 Å². The van der Waals surface area contributed by atoms with Crippen molar-refractivity contribution in [3.8, 4) is 0 Å². The van der Waals surface area contributed by atoms with E-state index in [1.165, 1.54) is 24.3 Å². The predicted octanol–water partition coefficient (Wildman–Crippen LogP) is 1.37. The molecular formula is C11H10FNO4. The molecule has 0 aliphatic carbocycles. The molecule has 0 bridgehead atoms. The van der Waals surface area contributed by atoms with Crippen molar-refractivity contribution in [2.45, 2.75) is 13.5 Å². The molecule has 0 aromatic heterocycles. The summed E-state index contributed by atoms with van der Waals surface area (Å²) in [5.74, 6) is -2.53. The average Bonchev–Trinajstić information content (AvgIpc) is 2.25. The van der Waals surface area contributed by atoms with Gasteiger partial charge < -0.3 is 9.94 Å². The van der Waals surface area contributed by atoms with E-state index in [0.29, 0.717) is 5.56 Å². The molecule has 0 fully saturated rings. The van der Waals surface area contributed by atoms with Gasteiger partial charge in [-0.15, -0.1) is 0 Å². The Balaban J connectivity index is 2.62. The zero-order valence-corrected chi connectivity index (χ0v) is 9.01. The van der Waals surface area contributed by atoms with Crippen molar-refractivity contribution in [2.24, 2.45) is 5.16 Å². The summed E-state index contributed by atoms with van der Waals surface area (Å²) in [7, 11) is 0. The largest absolute Gasteiger partial charge is 0.476 e. The van der Waals surface area contributed by atoms with Crippen molar-refractivity contribution < 1.29 is 23.9 Å². The first-order valence-electron chi connectivity index (χ1n) is 4.69. The molecule has 0 spiro atoms. The molecule has 0 aliphatic rings. The molecular weight excluding hydrogens is 229 g/mol. The molecule has 1 aromatic rings. The van der Waals surface area contributed by atoms with Crippen LogP contribution in [0.2, 0.25) is 0 Å². The summed E-state index contributed by atoms with van der Waals surface area (Å²) in [5, 5.41) is 11.8. The lowest BCUT2D eigenvalue weighted by atomic mass is 10.2. The summed E-state index contributed by atoms with van der Waals surface area (Å²) in [6.45, 7) is 1.04. The normalized spacial score (nSPS) is 11.1. The molecule has 0 amide bonds. The van der Waals surface area contributed by atoms with Gasteiger partial charge in [0.1, 0.15) is 12.4 Å². The molecule has 0 heterocycles. The van der Waals surface area contributed by atoms with Gasteiger partial charge in [-0.25, -0.2) is 9.18 Å². The minimum Gasteiger partial charge on any atom is -0.476 e. The van der Waals surface area contributed by atoms with E-state index in [2.05, 4.69) is 5.16 Å². The van der Waals surface area contributed by atoms with Crippen LogP contribution in [0.1, 0.15) is 12.5 Å². The van der Waals surface area contributed by atoms with Crippen LogP contribution >= 0.6 is 0 Å². The molecule has 6 heteroatoms. The van der Waals surface area contributed by atoms with Crippen LogP contribution in [0.4, 0.5) is 4.39 Å². The van der Waals surface area contributed by atoms with Gasteiger partial charge >= 0.3 is 5.97 Å². The van der Waals surface area contributed by atoms with Crippen LogP contribution in [0.5, 0.6) is 0 Å². The third-order valence-electron chi connectivity index (χ3n) is 1.84. The fraction of sp³-hybridized carbons (Fsp3) is 0.182. The lowest BCUT2D eigenvalue weighted by Gasteiger charge is -2.00. The van der Waals surface area contributed by atoms with Gasteiger partial charge in [-0.05, 0) is 17.7 Å². The van der Waals surface area contributed by atoms with Crippen LogP contribution in [0.15, 0.2) is 29.4 Å². The SMILES string of the molecule is CC(=O)C(=NOCc1ccc(F)cc1)C(=O)O. The van der Waals surface area contributed by atoms with Crippen molar-refractivity contribution in [2.75, 3.05) is 0 Å². The lowest BCUT2D eigenvalue weighted by Crippen LogP contribution is -2.21. The molecule has 0 saturated heterocycles. The second kappa shape index (κ2) is 5.74. The van der Waals surface area contributed by atoms with Gasteiger partial charge in [-0.1, -0.05) is 17.3 Å². The molecule has 1 N–H and O–H groups in total. The third-order valence-corrected chi connectivity index (χ3v) is 1.84. The Labute approximate surface area is 96.5 Å². The van der Waals surface area contributed by atoms with E-state index in [1.54, 1.807) is 0 Å². The maximum Gasteiger partial charge on any atom is 0.361 e. The molecule has 0 unspecified atom stereocenters. The molecule has 0 atom stereocenters. The minimum absolute atomic E-state index is 0.0374. The Kier molecular flexibility index (Phi) is 4.33. The summed E-state index contributed by atoms with van der Waals surface area (Å²) in [6.07, 6.45) is 0. The van der Waals surface area contributed by atoms with E-state index in [1.807, 2.05) is 0 Å². The Hall–Kier alpha value is -2.24. The number of halogens is 1. The van der Waals surface area contributed by atoms with Gasteiger partial charge in [0.2, 0.25) is 5.71 Å². The monoisotopic (exact) mass is 239 g/mol. The topological polar surface area (TPSA) is 76.0 Å². The van der Waals surface area contributed by atoms with E-state index in [9.17, 15) is 14.0 Å². The van der Waals surface area contributed by atoms with Gasteiger partial charge in [-0.2, -0.15) is 0 Å². The Morgan fingerprint density at radius 3 is 2.41 bits per heavy atom. The number of hydrogen-bond acceptors (Lipinski definition) is 4. The number of aliphatic carboxylic acids is 1. The van der Waals surface area contributed by atoms with Gasteiger partial charge in [0.05, 0.1) is 0 Å². The van der Waals surface area contributed by atoms with Gasteiger partial charge in [0.25, 0.3) is 0 Å². The van der Waals surface area contributed by atoms with Crippen LogP contribution in [0.25, 0.3) is 0 Å². The highest BCUT2D eigenvalue weighted by Gasteiger charge is 2.15. The first-order chi connectivity index (χ1) is 8.00. The number of benzene rings is 1. The zero-order valence-electron chi connectivity index (χ0n) is 9.01. The molecule has 90 valence electrons. The molecule has 0 aliphatic heterocycles. The summed E-state index contributed by atoms with van der Waals surface area (Å²) >= 11 is 0. The third kappa shape index (κ3) is 4.02. The van der Waals surface area contributed by atoms with Crippen molar-refractivity contribution in [1.29, 1.82) is 0 Å². The first kappa shape index (κ1) is 12.8. The van der Waals surface area contributed by atoms with Gasteiger partial charge in [0.15, 0.2) is 5.78 Å². The first-order valence-corrected chi connectivity index (χ1v) is 4.69. The highest BCUT2D eigenvalue weighted by atomic mass is 19.1. The Morgan fingerprint density at radius 1 is 1.35 bits per heavy atom. The van der Waals surface area contributed by atoms with Gasteiger partial charge in [-0.3, -0.25) is 4.79 Å². The van der Waals surface area contributed by atoms with Crippen molar-refractivity contribution >= 4 is 17.5 Å². The fourth-order valence-corrected chi connectivity index (χ4v) is 1.01. The van der Waals surface area contributed by atoms with Crippen LogP contribution in [-0.2, 0) is 21.0 Å². The molecule has 0 saturated carbocycles. The van der Waals surface area contributed by atoms with E-state index in [0.717, 1.165) is 6.92 Å². The van der Waals surface area contributed by atoms with E-state index in [4.69, 9.17) is 9.94 Å². The molecule has 5 nitrogen and oxygen atoms in total. The standard InChI is InChI=1S/C11H10FNO4/c1-7(14)10(11(15)16)13-17-6-8-2-4-9(12)5-3-8/h2-5H,6H2,1H3,(H,15,16). The summed E-state index contributed by atoms with van der Waals surface area (Å²) in [6, 6.07) is 5.43. The molecule has 17 heavy (non-hydrogen) atoms. The highest BCUT2D eigenvalue weighted by molar-refractivity contribution is 6.63. The van der Waals surface area contributed by atoms with E-state index < -0.39 is 17.5 Å². The highest BCUT2D eigenvalue weighted by Crippen LogP contribution is 2.04. The number of Topliss-reactive ketones (excluding diaryl/α,β-unsaturated/α-hetero) is 1. The lowest BCUT2D eigenvalue weighted by molar-refractivity contribution is -0.130. The number of carbonyl (C=O) groups excluding carboxylic acids is 1. The van der Waals surface area contributed by atoms with E-state index >= 15 is 0 Å². The number of nitrogens with zero attached hydrogens (tertiary/aromatic N) is 1. The summed E-state index contributed by atoms with van der Waals surface area (Å²) in [5.41, 5.74) is -0.0597. The average molecular weight is 239 g/mol.